The zero-order valence-electron chi connectivity index (χ0n) is 16.3. The molecule has 0 amide bonds. The summed E-state index contributed by atoms with van der Waals surface area (Å²) in [6.45, 7) is 5.55. The maximum atomic E-state index is 11.7. The number of halogens is 2. The third kappa shape index (κ3) is 5.98. The van der Waals surface area contributed by atoms with Gasteiger partial charge in [0.25, 0.3) is 0 Å². The van der Waals surface area contributed by atoms with E-state index in [1.54, 1.807) is 18.5 Å². The smallest absolute Gasteiger partial charge is 0.303 e. The van der Waals surface area contributed by atoms with E-state index in [2.05, 4.69) is 23.8 Å². The van der Waals surface area contributed by atoms with Crippen molar-refractivity contribution in [2.75, 3.05) is 0 Å². The molecule has 0 spiro atoms. The second kappa shape index (κ2) is 9.65. The van der Waals surface area contributed by atoms with E-state index in [9.17, 15) is 4.79 Å². The Balaban J connectivity index is 1.94. The van der Waals surface area contributed by atoms with Crippen LogP contribution in [-0.4, -0.2) is 20.9 Å². The first-order valence-electron chi connectivity index (χ1n) is 9.11. The number of aromatic amines is 1. The van der Waals surface area contributed by atoms with Crippen LogP contribution in [0.15, 0.2) is 52.6 Å². The highest BCUT2D eigenvalue weighted by atomic mass is 35.5. The van der Waals surface area contributed by atoms with Gasteiger partial charge in [-0.05, 0) is 35.7 Å². The van der Waals surface area contributed by atoms with Gasteiger partial charge >= 0.3 is 5.97 Å². The van der Waals surface area contributed by atoms with Gasteiger partial charge < -0.3 is 9.72 Å². The molecule has 3 rings (SSSR count). The zero-order chi connectivity index (χ0) is 21.0. The van der Waals surface area contributed by atoms with Crippen molar-refractivity contribution in [1.82, 2.24) is 15.0 Å². The molecule has 1 N–H and O–H groups in total. The molecule has 0 aliphatic heterocycles. The third-order valence-electron chi connectivity index (χ3n) is 4.10. The summed E-state index contributed by atoms with van der Waals surface area (Å²) in [5.74, 6) is 0.436. The van der Waals surface area contributed by atoms with Crippen molar-refractivity contribution in [3.8, 4) is 0 Å². The maximum absolute atomic E-state index is 11.7. The lowest BCUT2D eigenvalue weighted by molar-refractivity contribution is -0.147. The van der Waals surface area contributed by atoms with Crippen molar-refractivity contribution in [3.63, 3.8) is 0 Å². The molecule has 1 aromatic carbocycles. The van der Waals surface area contributed by atoms with Crippen molar-refractivity contribution in [2.24, 2.45) is 0 Å². The molecule has 0 fully saturated rings. The van der Waals surface area contributed by atoms with Gasteiger partial charge in [-0.3, -0.25) is 9.78 Å². The second-order valence-corrected chi connectivity index (χ2v) is 8.80. The summed E-state index contributed by atoms with van der Waals surface area (Å²) in [7, 11) is 0. The average Bonchev–Trinajstić information content (AvgIpc) is 3.05. The van der Waals surface area contributed by atoms with Crippen LogP contribution in [0.2, 0.25) is 10.0 Å². The van der Waals surface area contributed by atoms with Crippen LogP contribution in [0.1, 0.15) is 49.9 Å². The Hall–Kier alpha value is -2.02. The number of hydrogen-bond acceptors (Lipinski definition) is 5. The molecule has 0 radical (unpaired) electrons. The summed E-state index contributed by atoms with van der Waals surface area (Å²) in [5.41, 5.74) is 1.92. The predicted molar refractivity (Wildman–Crippen MR) is 116 cm³/mol. The number of nitrogens with one attached hydrogen (secondary N) is 1. The lowest BCUT2D eigenvalue weighted by Crippen LogP contribution is -2.13. The highest BCUT2D eigenvalue weighted by Crippen LogP contribution is 2.36. The van der Waals surface area contributed by atoms with Crippen molar-refractivity contribution >= 4 is 40.9 Å². The lowest BCUT2D eigenvalue weighted by Gasteiger charge is -2.14. The summed E-state index contributed by atoms with van der Waals surface area (Å²) in [6.07, 6.45) is 3.41. The fraction of sp³-hybridized carbons (Fsp3) is 0.286. The molecule has 2 heterocycles. The molecular weight excluding hydrogens is 429 g/mol. The normalized spacial score (nSPS) is 12.2. The molecule has 1 unspecified atom stereocenters. The van der Waals surface area contributed by atoms with Crippen LogP contribution >= 0.6 is 35.0 Å². The Morgan fingerprint density at radius 2 is 1.97 bits per heavy atom. The fourth-order valence-electron chi connectivity index (χ4n) is 2.84. The van der Waals surface area contributed by atoms with Crippen LogP contribution in [0, 0.1) is 0 Å². The van der Waals surface area contributed by atoms with E-state index in [1.165, 1.54) is 18.7 Å². The SMILES string of the molecule is CC(=O)OC(Cc1cccnc1)c1nc(Sc2cc(Cl)cc(Cl)c2)c(C(C)C)[nH]1. The van der Waals surface area contributed by atoms with E-state index >= 15 is 0 Å². The number of benzene rings is 1. The van der Waals surface area contributed by atoms with E-state index in [0.29, 0.717) is 22.3 Å². The molecule has 0 aliphatic carbocycles. The number of rotatable bonds is 7. The Morgan fingerprint density at radius 1 is 1.24 bits per heavy atom. The predicted octanol–water partition coefficient (Wildman–Crippen LogP) is 6.23. The molecule has 0 saturated carbocycles. The van der Waals surface area contributed by atoms with Gasteiger partial charge in [-0.1, -0.05) is 54.9 Å². The van der Waals surface area contributed by atoms with Crippen LogP contribution in [0.25, 0.3) is 0 Å². The van der Waals surface area contributed by atoms with E-state index in [1.807, 2.05) is 24.3 Å². The molecule has 0 saturated heterocycles. The Bertz CT molecular complexity index is 973. The van der Waals surface area contributed by atoms with Crippen molar-refractivity contribution in [2.45, 2.75) is 49.1 Å². The quantitative estimate of drug-likeness (QED) is 0.432. The molecule has 0 aliphatic rings. The lowest BCUT2D eigenvalue weighted by atomic mass is 10.1. The monoisotopic (exact) mass is 449 g/mol. The maximum Gasteiger partial charge on any atom is 0.303 e. The van der Waals surface area contributed by atoms with E-state index in [0.717, 1.165) is 21.2 Å². The van der Waals surface area contributed by atoms with Crippen molar-refractivity contribution in [1.29, 1.82) is 0 Å². The average molecular weight is 450 g/mol. The minimum absolute atomic E-state index is 0.199. The summed E-state index contributed by atoms with van der Waals surface area (Å²) < 4.78 is 5.56. The van der Waals surface area contributed by atoms with Crippen LogP contribution in [-0.2, 0) is 16.0 Å². The number of esters is 1. The third-order valence-corrected chi connectivity index (χ3v) is 5.51. The summed E-state index contributed by atoms with van der Waals surface area (Å²) in [5, 5.41) is 1.93. The largest absolute Gasteiger partial charge is 0.454 e. The van der Waals surface area contributed by atoms with Gasteiger partial charge in [-0.15, -0.1) is 0 Å². The molecule has 2 aromatic heterocycles. The summed E-state index contributed by atoms with van der Waals surface area (Å²) >= 11 is 13.7. The van der Waals surface area contributed by atoms with Crippen LogP contribution < -0.4 is 0 Å². The number of nitrogens with zero attached hydrogens (tertiary/aromatic N) is 2. The number of carbonyl (C=O) groups is 1. The first-order chi connectivity index (χ1) is 13.8. The molecule has 3 aromatic rings. The molecule has 0 bridgehead atoms. The highest BCUT2D eigenvalue weighted by molar-refractivity contribution is 7.99. The van der Waals surface area contributed by atoms with Crippen molar-refractivity contribution < 1.29 is 9.53 Å². The highest BCUT2D eigenvalue weighted by Gasteiger charge is 2.23. The standard InChI is InChI=1S/C21H21Cl2N3O2S/c1-12(2)19-21(29-17-9-15(22)8-16(23)10-17)26-20(25-19)18(28-13(3)27)7-14-5-4-6-24-11-14/h4-6,8-12,18H,7H2,1-3H3,(H,25,26). The second-order valence-electron chi connectivity index (χ2n) is 6.87. The molecule has 1 atom stereocenters. The van der Waals surface area contributed by atoms with Crippen LogP contribution in [0.4, 0.5) is 0 Å². The number of pyridine rings is 1. The number of aromatic nitrogens is 3. The van der Waals surface area contributed by atoms with Gasteiger partial charge in [0.15, 0.2) is 6.10 Å². The Labute approximate surface area is 184 Å². The molecule has 8 heteroatoms. The Morgan fingerprint density at radius 3 is 2.55 bits per heavy atom. The molecule has 152 valence electrons. The van der Waals surface area contributed by atoms with Crippen molar-refractivity contribution in [3.05, 3.63) is 69.9 Å². The van der Waals surface area contributed by atoms with Gasteiger partial charge in [0.05, 0.1) is 5.69 Å². The number of hydrogen-bond donors (Lipinski definition) is 1. The van der Waals surface area contributed by atoms with Gasteiger partial charge in [-0.2, -0.15) is 0 Å². The fourth-order valence-corrected chi connectivity index (χ4v) is 4.63. The number of carbonyl (C=O) groups excluding carboxylic acids is 1. The molecule has 5 nitrogen and oxygen atoms in total. The summed E-state index contributed by atoms with van der Waals surface area (Å²) in [6, 6.07) is 9.17. The van der Waals surface area contributed by atoms with Gasteiger partial charge in [-0.25, -0.2) is 4.98 Å². The number of imidazole rings is 1. The first-order valence-corrected chi connectivity index (χ1v) is 10.7. The van der Waals surface area contributed by atoms with Crippen LogP contribution in [0.3, 0.4) is 0 Å². The van der Waals surface area contributed by atoms with E-state index < -0.39 is 6.10 Å². The Kier molecular flexibility index (Phi) is 7.22. The molecule has 29 heavy (non-hydrogen) atoms. The summed E-state index contributed by atoms with van der Waals surface area (Å²) in [4.78, 5) is 24.8. The minimum Gasteiger partial charge on any atom is -0.454 e. The van der Waals surface area contributed by atoms with E-state index in [-0.39, 0.29) is 11.9 Å². The zero-order valence-corrected chi connectivity index (χ0v) is 18.6. The topological polar surface area (TPSA) is 67.9 Å². The van der Waals surface area contributed by atoms with Gasteiger partial charge in [0, 0.05) is 40.7 Å². The van der Waals surface area contributed by atoms with Crippen LogP contribution in [0.5, 0.6) is 0 Å². The molecular formula is C21H21Cl2N3O2S. The number of ether oxygens (including phenoxy) is 1. The first kappa shape index (κ1) is 21.7. The minimum atomic E-state index is -0.536. The van der Waals surface area contributed by atoms with Gasteiger partial charge in [0.2, 0.25) is 0 Å². The van der Waals surface area contributed by atoms with E-state index in [4.69, 9.17) is 32.9 Å². The number of H-pyrrole nitrogens is 1. The van der Waals surface area contributed by atoms with Gasteiger partial charge in [0.1, 0.15) is 10.9 Å².